The number of carboxylic acid groups (broad SMARTS) is 2. The fourth-order valence-electron chi connectivity index (χ4n) is 1.49. The van der Waals surface area contributed by atoms with Gasteiger partial charge in [-0.3, -0.25) is 19.2 Å². The third-order valence-corrected chi connectivity index (χ3v) is 4.02. The van der Waals surface area contributed by atoms with Gasteiger partial charge in [0.25, 0.3) is 0 Å². The normalized spacial score (nSPS) is 13.8. The van der Waals surface area contributed by atoms with Gasteiger partial charge in [0.2, 0.25) is 11.8 Å². The Bertz CT molecular complexity index is 537. The van der Waals surface area contributed by atoms with Crippen LogP contribution in [0.5, 0.6) is 0 Å². The molecule has 140 valence electrons. The topological polar surface area (TPSA) is 203 Å². The fourth-order valence-corrected chi connectivity index (χ4v) is 2.33. The number of thioether (sulfide) groups is 1. The minimum atomic E-state index is -1.27. The number of carbonyl (C=O) groups is 4. The van der Waals surface area contributed by atoms with Gasteiger partial charge in [0.05, 0.1) is 12.7 Å². The van der Waals surface area contributed by atoms with E-state index in [4.69, 9.17) is 26.3 Å². The van der Waals surface area contributed by atoms with Crippen molar-refractivity contribution in [3.63, 3.8) is 0 Å². The van der Waals surface area contributed by atoms with E-state index in [0.717, 1.165) is 11.8 Å². The largest absolute Gasteiger partial charge is 0.480 e. The van der Waals surface area contributed by atoms with E-state index >= 15 is 0 Å². The predicted octanol–water partition coefficient (Wildman–Crippen LogP) is -2.52. The molecular weight excluding hydrogens is 356 g/mol. The van der Waals surface area contributed by atoms with Gasteiger partial charge in [-0.25, -0.2) is 0 Å². The SMILES string of the molecule is N#CC(CO)SC[C@H](NC(=O)CC[C@H](N)C(=O)O)C(=O)NCC(=O)O. The highest BCUT2D eigenvalue weighted by Crippen LogP contribution is 2.11. The Morgan fingerprint density at radius 1 is 1.24 bits per heavy atom. The highest BCUT2D eigenvalue weighted by atomic mass is 32.2. The molecule has 0 aliphatic heterocycles. The Morgan fingerprint density at radius 2 is 1.88 bits per heavy atom. The first kappa shape index (κ1) is 22.6. The number of hydrogen-bond donors (Lipinski definition) is 6. The average Bonchev–Trinajstić information content (AvgIpc) is 2.56. The van der Waals surface area contributed by atoms with Crippen molar-refractivity contribution in [3.05, 3.63) is 0 Å². The first-order valence-corrected chi connectivity index (χ1v) is 8.15. The number of amides is 2. The van der Waals surface area contributed by atoms with Crippen LogP contribution in [-0.2, 0) is 19.2 Å². The van der Waals surface area contributed by atoms with E-state index in [-0.39, 0.29) is 18.6 Å². The summed E-state index contributed by atoms with van der Waals surface area (Å²) >= 11 is 0.911. The Morgan fingerprint density at radius 3 is 2.36 bits per heavy atom. The van der Waals surface area contributed by atoms with E-state index in [2.05, 4.69) is 10.6 Å². The lowest BCUT2D eigenvalue weighted by atomic mass is 10.1. The lowest BCUT2D eigenvalue weighted by Gasteiger charge is -2.19. The molecule has 3 atom stereocenters. The minimum absolute atomic E-state index is 0.0824. The molecule has 12 heteroatoms. The molecule has 0 saturated heterocycles. The van der Waals surface area contributed by atoms with E-state index in [1.165, 1.54) is 0 Å². The second-order valence-electron chi connectivity index (χ2n) is 4.85. The fraction of sp³-hybridized carbons (Fsp3) is 0.615. The first-order chi connectivity index (χ1) is 11.7. The van der Waals surface area contributed by atoms with Crippen molar-refractivity contribution in [2.75, 3.05) is 18.9 Å². The second-order valence-corrected chi connectivity index (χ2v) is 6.08. The first-order valence-electron chi connectivity index (χ1n) is 7.10. The van der Waals surface area contributed by atoms with Crippen molar-refractivity contribution >= 4 is 35.5 Å². The van der Waals surface area contributed by atoms with Gasteiger partial charge in [0.1, 0.15) is 23.9 Å². The van der Waals surface area contributed by atoms with Crippen LogP contribution in [0.3, 0.4) is 0 Å². The number of nitriles is 1. The van der Waals surface area contributed by atoms with Crippen molar-refractivity contribution in [3.8, 4) is 6.07 Å². The summed E-state index contributed by atoms with van der Waals surface area (Å²) in [7, 11) is 0. The molecule has 0 aromatic heterocycles. The van der Waals surface area contributed by atoms with Gasteiger partial charge in [-0.1, -0.05) is 0 Å². The number of rotatable bonds is 12. The molecular formula is C13H20N4O7S. The van der Waals surface area contributed by atoms with Crippen LogP contribution >= 0.6 is 11.8 Å². The Balaban J connectivity index is 4.72. The van der Waals surface area contributed by atoms with Gasteiger partial charge >= 0.3 is 11.9 Å². The molecule has 0 aromatic carbocycles. The molecule has 2 amide bonds. The van der Waals surface area contributed by atoms with Crippen molar-refractivity contribution in [2.45, 2.75) is 30.2 Å². The zero-order valence-corrected chi connectivity index (χ0v) is 14.0. The molecule has 0 rings (SSSR count). The Kier molecular flexibility index (Phi) is 10.9. The number of nitrogens with zero attached hydrogens (tertiary/aromatic N) is 1. The van der Waals surface area contributed by atoms with Gasteiger partial charge in [0.15, 0.2) is 0 Å². The van der Waals surface area contributed by atoms with Crippen molar-refractivity contribution < 1.29 is 34.5 Å². The maximum Gasteiger partial charge on any atom is 0.322 e. The van der Waals surface area contributed by atoms with Gasteiger partial charge < -0.3 is 31.7 Å². The summed E-state index contributed by atoms with van der Waals surface area (Å²) in [6, 6.07) is -0.583. The van der Waals surface area contributed by atoms with Gasteiger partial charge in [-0.2, -0.15) is 5.26 Å². The number of nitrogens with two attached hydrogens (primary N) is 1. The van der Waals surface area contributed by atoms with Crippen LogP contribution in [-0.4, -0.2) is 75.3 Å². The van der Waals surface area contributed by atoms with Gasteiger partial charge in [0, 0.05) is 12.2 Å². The molecule has 0 aliphatic rings. The summed E-state index contributed by atoms with van der Waals surface area (Å²) in [6.07, 6.45) is -0.391. The number of aliphatic hydroxyl groups is 1. The third-order valence-electron chi connectivity index (χ3n) is 2.84. The summed E-state index contributed by atoms with van der Waals surface area (Å²) in [6.45, 7) is -1.10. The quantitative estimate of drug-likeness (QED) is 0.211. The molecule has 0 fully saturated rings. The summed E-state index contributed by atoms with van der Waals surface area (Å²) in [5.74, 6) is -4.05. The van der Waals surface area contributed by atoms with E-state index in [9.17, 15) is 19.2 Å². The molecule has 1 unspecified atom stereocenters. The molecule has 25 heavy (non-hydrogen) atoms. The van der Waals surface area contributed by atoms with Crippen LogP contribution in [0.1, 0.15) is 12.8 Å². The maximum absolute atomic E-state index is 12.0. The number of aliphatic carboxylic acids is 2. The summed E-state index contributed by atoms with van der Waals surface area (Å²) in [5, 5.41) is 38.6. The number of hydrogen-bond acceptors (Lipinski definition) is 8. The van der Waals surface area contributed by atoms with Crippen LogP contribution in [0.15, 0.2) is 0 Å². The van der Waals surface area contributed by atoms with Crippen LogP contribution in [0, 0.1) is 11.3 Å². The van der Waals surface area contributed by atoms with E-state index in [0.29, 0.717) is 0 Å². The summed E-state index contributed by atoms with van der Waals surface area (Å²) < 4.78 is 0. The number of carbonyl (C=O) groups excluding carboxylic acids is 2. The predicted molar refractivity (Wildman–Crippen MR) is 86.4 cm³/mol. The summed E-state index contributed by atoms with van der Waals surface area (Å²) in [4.78, 5) is 44.9. The third kappa shape index (κ3) is 10.2. The van der Waals surface area contributed by atoms with Crippen molar-refractivity contribution in [1.82, 2.24) is 10.6 Å². The number of nitrogens with one attached hydrogen (secondary N) is 2. The maximum atomic E-state index is 12.0. The standard InChI is InChI=1S/C13H20N4O7S/c14-3-7(5-18)25-6-9(12(22)16-4-11(20)21)17-10(19)2-1-8(15)13(23)24/h7-9,18H,1-2,4-6,15H2,(H,16,22)(H,17,19)(H,20,21)(H,23,24)/t7?,8-,9-/m0/s1. The highest BCUT2D eigenvalue weighted by Gasteiger charge is 2.23. The second kappa shape index (κ2) is 12.1. The van der Waals surface area contributed by atoms with Gasteiger partial charge in [-0.15, -0.1) is 11.8 Å². The average molecular weight is 376 g/mol. The monoisotopic (exact) mass is 376 g/mol. The van der Waals surface area contributed by atoms with Crippen LogP contribution in [0.25, 0.3) is 0 Å². The van der Waals surface area contributed by atoms with E-state index < -0.39 is 54.2 Å². The summed E-state index contributed by atoms with van der Waals surface area (Å²) in [5.41, 5.74) is 5.28. The Labute approximate surface area is 147 Å². The highest BCUT2D eigenvalue weighted by molar-refractivity contribution is 8.00. The van der Waals surface area contributed by atoms with Crippen molar-refractivity contribution in [2.24, 2.45) is 5.73 Å². The van der Waals surface area contributed by atoms with Crippen LogP contribution in [0.2, 0.25) is 0 Å². The smallest absolute Gasteiger partial charge is 0.322 e. The molecule has 0 aliphatic carbocycles. The number of aliphatic hydroxyl groups excluding tert-OH is 1. The molecule has 0 heterocycles. The van der Waals surface area contributed by atoms with Crippen LogP contribution in [0.4, 0.5) is 0 Å². The van der Waals surface area contributed by atoms with Gasteiger partial charge in [-0.05, 0) is 6.42 Å². The molecule has 0 spiro atoms. The van der Waals surface area contributed by atoms with Crippen LogP contribution < -0.4 is 16.4 Å². The van der Waals surface area contributed by atoms with Crippen molar-refractivity contribution in [1.29, 1.82) is 5.26 Å². The van der Waals surface area contributed by atoms with E-state index in [1.807, 2.05) is 0 Å². The zero-order valence-electron chi connectivity index (χ0n) is 13.2. The minimum Gasteiger partial charge on any atom is -0.480 e. The molecule has 0 saturated carbocycles. The molecule has 0 radical (unpaired) electrons. The molecule has 0 aromatic rings. The Hall–Kier alpha value is -2.36. The zero-order chi connectivity index (χ0) is 19.4. The van der Waals surface area contributed by atoms with E-state index in [1.54, 1.807) is 6.07 Å². The lowest BCUT2D eigenvalue weighted by molar-refractivity contribution is -0.139. The molecule has 11 nitrogen and oxygen atoms in total. The number of carboxylic acids is 2. The molecule has 7 N–H and O–H groups in total. The lowest BCUT2D eigenvalue weighted by Crippen LogP contribution is -2.49. The molecule has 0 bridgehead atoms.